The summed E-state index contributed by atoms with van der Waals surface area (Å²) in [5, 5.41) is 5.60. The highest BCUT2D eigenvalue weighted by atomic mass is 16.5. The monoisotopic (exact) mass is 543 g/mol. The number of ether oxygens (including phenoxy) is 2. The molecule has 7 rings (SSSR count). The van der Waals surface area contributed by atoms with E-state index in [1.165, 1.54) is 11.1 Å². The van der Waals surface area contributed by atoms with Crippen LogP contribution in [0.15, 0.2) is 89.6 Å². The van der Waals surface area contributed by atoms with Gasteiger partial charge in [0.25, 0.3) is 0 Å². The molecule has 0 amide bonds. The molecule has 0 spiro atoms. The normalized spacial score (nSPS) is 13.3. The van der Waals surface area contributed by atoms with Crippen LogP contribution in [0, 0.1) is 0 Å². The van der Waals surface area contributed by atoms with Gasteiger partial charge in [-0.3, -0.25) is 9.88 Å². The van der Waals surface area contributed by atoms with Gasteiger partial charge in [0.1, 0.15) is 17.2 Å². The van der Waals surface area contributed by atoms with Gasteiger partial charge in [0.15, 0.2) is 17.3 Å². The summed E-state index contributed by atoms with van der Waals surface area (Å²) in [5.74, 6) is 3.86. The van der Waals surface area contributed by atoms with Crippen LogP contribution >= 0.6 is 0 Å². The molecule has 0 aliphatic carbocycles. The minimum atomic E-state index is 0.664. The van der Waals surface area contributed by atoms with Crippen LogP contribution in [0.1, 0.15) is 16.9 Å². The van der Waals surface area contributed by atoms with Gasteiger partial charge < -0.3 is 19.2 Å². The number of nitrogens with zero attached hydrogens (tertiary/aromatic N) is 4. The van der Waals surface area contributed by atoms with E-state index in [0.29, 0.717) is 11.6 Å². The molecule has 4 heterocycles. The predicted molar refractivity (Wildman–Crippen MR) is 160 cm³/mol. The van der Waals surface area contributed by atoms with E-state index < -0.39 is 0 Å². The van der Waals surface area contributed by atoms with E-state index in [1.54, 1.807) is 26.6 Å². The number of para-hydroxylation sites is 1. The van der Waals surface area contributed by atoms with Crippen LogP contribution in [0.25, 0.3) is 33.3 Å². The third kappa shape index (κ3) is 4.83. The fourth-order valence-electron chi connectivity index (χ4n) is 5.50. The maximum Gasteiger partial charge on any atom is 0.164 e. The SMILES string of the molecule is COc1cc2oc3c(c2cc1OC)CCN(Cc1ccc(Nc2nc(-c4ccncc4)nc4ccccc24)cc1)C3. The standard InChI is InChI=1S/C33H29N5O3/c1-39-29-17-26-24-13-16-38(20-31(24)41-28(26)18-30(29)40-2)19-21-7-9-23(10-8-21)35-33-25-5-3-4-6-27(25)36-32(37-33)22-11-14-34-15-12-22/h3-12,14-15,17-18H,13,16,19-20H2,1-2H3,(H,35,36,37). The van der Waals surface area contributed by atoms with Crippen LogP contribution in [-0.4, -0.2) is 40.6 Å². The van der Waals surface area contributed by atoms with Crippen molar-refractivity contribution in [2.75, 3.05) is 26.1 Å². The molecule has 0 bridgehead atoms. The Hall–Kier alpha value is -4.95. The van der Waals surface area contributed by atoms with Crippen molar-refractivity contribution in [2.45, 2.75) is 19.5 Å². The van der Waals surface area contributed by atoms with Crippen molar-refractivity contribution in [2.24, 2.45) is 0 Å². The van der Waals surface area contributed by atoms with Crippen LogP contribution in [0.3, 0.4) is 0 Å². The maximum absolute atomic E-state index is 6.26. The summed E-state index contributed by atoms with van der Waals surface area (Å²) < 4.78 is 17.2. The highest BCUT2D eigenvalue weighted by molar-refractivity contribution is 5.92. The van der Waals surface area contributed by atoms with E-state index in [2.05, 4.69) is 39.5 Å². The summed E-state index contributed by atoms with van der Waals surface area (Å²) >= 11 is 0. The second kappa shape index (κ2) is 10.6. The third-order valence-electron chi connectivity index (χ3n) is 7.59. The molecule has 0 atom stereocenters. The molecular formula is C33H29N5O3. The second-order valence-corrected chi connectivity index (χ2v) is 10.1. The van der Waals surface area contributed by atoms with E-state index in [4.69, 9.17) is 23.9 Å². The topological polar surface area (TPSA) is 85.5 Å². The largest absolute Gasteiger partial charge is 0.493 e. The number of benzene rings is 3. The second-order valence-electron chi connectivity index (χ2n) is 10.1. The fourth-order valence-corrected chi connectivity index (χ4v) is 5.50. The van der Waals surface area contributed by atoms with Crippen molar-refractivity contribution in [1.29, 1.82) is 0 Å². The Kier molecular flexibility index (Phi) is 6.45. The van der Waals surface area contributed by atoms with Gasteiger partial charge in [-0.25, -0.2) is 9.97 Å². The molecule has 3 aromatic carbocycles. The van der Waals surface area contributed by atoms with Gasteiger partial charge in [0.05, 0.1) is 26.3 Å². The lowest BCUT2D eigenvalue weighted by Crippen LogP contribution is -2.29. The van der Waals surface area contributed by atoms with Crippen molar-refractivity contribution >= 4 is 33.4 Å². The molecule has 1 aliphatic heterocycles. The molecule has 0 fully saturated rings. The zero-order chi connectivity index (χ0) is 27.8. The van der Waals surface area contributed by atoms with Gasteiger partial charge in [0.2, 0.25) is 0 Å². The van der Waals surface area contributed by atoms with Crippen LogP contribution in [0.4, 0.5) is 11.5 Å². The first-order valence-electron chi connectivity index (χ1n) is 13.6. The van der Waals surface area contributed by atoms with Gasteiger partial charge >= 0.3 is 0 Å². The number of aromatic nitrogens is 3. The number of pyridine rings is 1. The summed E-state index contributed by atoms with van der Waals surface area (Å²) in [5.41, 5.74) is 6.13. The smallest absolute Gasteiger partial charge is 0.164 e. The first-order chi connectivity index (χ1) is 20.2. The first kappa shape index (κ1) is 25.0. The summed E-state index contributed by atoms with van der Waals surface area (Å²) in [4.78, 5) is 16.2. The Morgan fingerprint density at radius 2 is 1.66 bits per heavy atom. The number of anilines is 2. The summed E-state index contributed by atoms with van der Waals surface area (Å²) in [6, 6.07) is 24.4. The molecule has 204 valence electrons. The lowest BCUT2D eigenvalue weighted by Gasteiger charge is -2.26. The lowest BCUT2D eigenvalue weighted by atomic mass is 10.0. The predicted octanol–water partition coefficient (Wildman–Crippen LogP) is 6.76. The highest BCUT2D eigenvalue weighted by Crippen LogP contribution is 2.38. The minimum Gasteiger partial charge on any atom is -0.493 e. The van der Waals surface area contributed by atoms with Crippen molar-refractivity contribution in [3.05, 3.63) is 102 Å². The molecule has 6 aromatic rings. The molecule has 1 aliphatic rings. The molecule has 1 N–H and O–H groups in total. The van der Waals surface area contributed by atoms with E-state index in [9.17, 15) is 0 Å². The lowest BCUT2D eigenvalue weighted by molar-refractivity contribution is 0.223. The number of furan rings is 1. The van der Waals surface area contributed by atoms with E-state index in [0.717, 1.165) is 76.5 Å². The van der Waals surface area contributed by atoms with Gasteiger partial charge in [0, 0.05) is 59.1 Å². The molecule has 0 saturated heterocycles. The molecule has 0 radical (unpaired) electrons. The van der Waals surface area contributed by atoms with Gasteiger partial charge in [-0.1, -0.05) is 24.3 Å². The Morgan fingerprint density at radius 3 is 2.46 bits per heavy atom. The molecule has 0 saturated carbocycles. The van der Waals surface area contributed by atoms with Crippen molar-refractivity contribution in [3.63, 3.8) is 0 Å². The molecule has 0 unspecified atom stereocenters. The minimum absolute atomic E-state index is 0.664. The quantitative estimate of drug-likeness (QED) is 0.236. The molecule has 3 aromatic heterocycles. The number of rotatable bonds is 7. The zero-order valence-electron chi connectivity index (χ0n) is 22.9. The molecule has 8 nitrogen and oxygen atoms in total. The molecule has 41 heavy (non-hydrogen) atoms. The highest BCUT2D eigenvalue weighted by Gasteiger charge is 2.24. The van der Waals surface area contributed by atoms with Gasteiger partial charge in [-0.2, -0.15) is 0 Å². The average Bonchev–Trinajstić information content (AvgIpc) is 3.38. The summed E-state index contributed by atoms with van der Waals surface area (Å²) in [7, 11) is 3.30. The first-order valence-corrected chi connectivity index (χ1v) is 13.6. The summed E-state index contributed by atoms with van der Waals surface area (Å²) in [6.45, 7) is 2.56. The number of methoxy groups -OCH3 is 2. The van der Waals surface area contributed by atoms with E-state index in [-0.39, 0.29) is 0 Å². The Morgan fingerprint density at radius 1 is 0.878 bits per heavy atom. The number of hydrogen-bond acceptors (Lipinski definition) is 8. The van der Waals surface area contributed by atoms with Crippen LogP contribution in [0.5, 0.6) is 11.5 Å². The molecule has 8 heteroatoms. The van der Waals surface area contributed by atoms with Crippen LogP contribution < -0.4 is 14.8 Å². The maximum atomic E-state index is 6.26. The average molecular weight is 544 g/mol. The molecular weight excluding hydrogens is 514 g/mol. The van der Waals surface area contributed by atoms with Crippen molar-refractivity contribution < 1.29 is 13.9 Å². The Bertz CT molecular complexity index is 1850. The number of nitrogens with one attached hydrogen (secondary N) is 1. The Balaban J connectivity index is 1.09. The zero-order valence-corrected chi connectivity index (χ0v) is 22.9. The van der Waals surface area contributed by atoms with Crippen molar-refractivity contribution in [1.82, 2.24) is 19.9 Å². The Labute approximate surface area is 237 Å². The van der Waals surface area contributed by atoms with Crippen LogP contribution in [-0.2, 0) is 19.5 Å². The van der Waals surface area contributed by atoms with Gasteiger partial charge in [-0.05, 0) is 54.4 Å². The van der Waals surface area contributed by atoms with Crippen LogP contribution in [0.2, 0.25) is 0 Å². The van der Waals surface area contributed by atoms with E-state index >= 15 is 0 Å². The van der Waals surface area contributed by atoms with E-state index in [1.807, 2.05) is 48.5 Å². The number of fused-ring (bicyclic) bond motifs is 4. The fraction of sp³-hybridized carbons (Fsp3) is 0.182. The number of hydrogen-bond donors (Lipinski definition) is 1. The van der Waals surface area contributed by atoms with Gasteiger partial charge in [-0.15, -0.1) is 0 Å². The third-order valence-corrected chi connectivity index (χ3v) is 7.59. The summed E-state index contributed by atoms with van der Waals surface area (Å²) in [6.07, 6.45) is 4.44. The van der Waals surface area contributed by atoms with Crippen molar-refractivity contribution in [3.8, 4) is 22.9 Å².